The van der Waals surface area contributed by atoms with Crippen LogP contribution < -0.4 is 10.2 Å². The number of halogens is 1. The Morgan fingerprint density at radius 3 is 2.22 bits per heavy atom. The standard InChI is InChI=1S/C22H26FN3O/c1-25(2)22(17-8-4-3-5-9-17)14-12-21(13-15-22)16-26(20(27)24-21)19-11-7-6-10-18(19)23/h3-11H,12-16H2,1-2H3,(H,24,27)/t21-,22+. The number of hydrogen-bond donors (Lipinski definition) is 1. The van der Waals surface area contributed by atoms with Gasteiger partial charge in [0.1, 0.15) is 5.82 Å². The molecule has 4 rings (SSSR count). The number of amides is 2. The van der Waals surface area contributed by atoms with Crippen molar-refractivity contribution in [2.45, 2.75) is 36.8 Å². The van der Waals surface area contributed by atoms with Gasteiger partial charge in [-0.2, -0.15) is 0 Å². The molecule has 1 aliphatic heterocycles. The van der Waals surface area contributed by atoms with Crippen LogP contribution in [0.1, 0.15) is 31.2 Å². The first-order valence-electron chi connectivity index (χ1n) is 9.53. The second-order valence-corrected chi connectivity index (χ2v) is 8.04. The number of urea groups is 1. The van der Waals surface area contributed by atoms with E-state index in [2.05, 4.69) is 48.6 Å². The zero-order valence-electron chi connectivity index (χ0n) is 15.9. The van der Waals surface area contributed by atoms with Crippen molar-refractivity contribution in [2.75, 3.05) is 25.5 Å². The number of anilines is 1. The van der Waals surface area contributed by atoms with Crippen molar-refractivity contribution in [1.29, 1.82) is 0 Å². The minimum absolute atomic E-state index is 0.0251. The van der Waals surface area contributed by atoms with E-state index in [1.54, 1.807) is 23.1 Å². The monoisotopic (exact) mass is 367 g/mol. The van der Waals surface area contributed by atoms with E-state index in [-0.39, 0.29) is 22.9 Å². The summed E-state index contributed by atoms with van der Waals surface area (Å²) in [5.41, 5.74) is 1.37. The van der Waals surface area contributed by atoms with Crippen LogP contribution in [0.25, 0.3) is 0 Å². The van der Waals surface area contributed by atoms with Crippen LogP contribution in [0, 0.1) is 5.82 Å². The average molecular weight is 367 g/mol. The lowest BCUT2D eigenvalue weighted by Crippen LogP contribution is -2.54. The first-order valence-corrected chi connectivity index (χ1v) is 9.53. The summed E-state index contributed by atoms with van der Waals surface area (Å²) < 4.78 is 14.2. The van der Waals surface area contributed by atoms with E-state index in [1.807, 2.05) is 6.07 Å². The van der Waals surface area contributed by atoms with E-state index >= 15 is 0 Å². The van der Waals surface area contributed by atoms with Crippen molar-refractivity contribution >= 4 is 11.7 Å². The number of hydrogen-bond acceptors (Lipinski definition) is 2. The summed E-state index contributed by atoms with van der Waals surface area (Å²) in [5.74, 6) is -0.354. The number of para-hydroxylation sites is 1. The molecule has 2 fully saturated rings. The van der Waals surface area contributed by atoms with E-state index in [0.29, 0.717) is 12.2 Å². The Balaban J connectivity index is 1.57. The Morgan fingerprint density at radius 2 is 1.59 bits per heavy atom. The van der Waals surface area contributed by atoms with Crippen LogP contribution in [-0.2, 0) is 5.54 Å². The molecule has 1 N–H and O–H groups in total. The number of benzene rings is 2. The van der Waals surface area contributed by atoms with E-state index < -0.39 is 0 Å². The van der Waals surface area contributed by atoms with Gasteiger partial charge in [0.15, 0.2) is 0 Å². The van der Waals surface area contributed by atoms with Crippen molar-refractivity contribution in [3.63, 3.8) is 0 Å². The Morgan fingerprint density at radius 1 is 0.963 bits per heavy atom. The fraction of sp³-hybridized carbons (Fsp3) is 0.409. The third-order valence-corrected chi connectivity index (χ3v) is 6.42. The highest BCUT2D eigenvalue weighted by molar-refractivity contribution is 5.95. The summed E-state index contributed by atoms with van der Waals surface area (Å²) in [4.78, 5) is 16.5. The molecular formula is C22H26FN3O. The lowest BCUT2D eigenvalue weighted by atomic mass is 9.69. The average Bonchev–Trinajstić information content (AvgIpc) is 2.99. The third kappa shape index (κ3) is 3.00. The number of carbonyl (C=O) groups excluding carboxylic acids is 1. The van der Waals surface area contributed by atoms with Gasteiger partial charge in [-0.15, -0.1) is 0 Å². The smallest absolute Gasteiger partial charge is 0.322 e. The van der Waals surface area contributed by atoms with Crippen LogP contribution in [0.15, 0.2) is 54.6 Å². The Kier molecular flexibility index (Phi) is 4.42. The predicted molar refractivity (Wildman–Crippen MR) is 105 cm³/mol. The van der Waals surface area contributed by atoms with Crippen molar-refractivity contribution in [1.82, 2.24) is 10.2 Å². The van der Waals surface area contributed by atoms with E-state index in [1.165, 1.54) is 11.6 Å². The summed E-state index contributed by atoms with van der Waals surface area (Å²) in [7, 11) is 4.26. The molecule has 2 aromatic carbocycles. The minimum atomic E-state index is -0.354. The van der Waals surface area contributed by atoms with Crippen molar-refractivity contribution in [3.05, 3.63) is 66.0 Å². The zero-order chi connectivity index (χ0) is 19.1. The minimum Gasteiger partial charge on any atom is -0.330 e. The molecule has 0 radical (unpaired) electrons. The van der Waals surface area contributed by atoms with Crippen LogP contribution in [0.5, 0.6) is 0 Å². The molecule has 2 aromatic rings. The van der Waals surface area contributed by atoms with Gasteiger partial charge in [-0.25, -0.2) is 9.18 Å². The number of nitrogens with zero attached hydrogens (tertiary/aromatic N) is 2. The molecule has 0 bridgehead atoms. The first-order chi connectivity index (χ1) is 13.0. The Labute approximate surface area is 160 Å². The van der Waals surface area contributed by atoms with E-state index in [4.69, 9.17) is 0 Å². The highest BCUT2D eigenvalue weighted by Crippen LogP contribution is 2.46. The fourth-order valence-corrected chi connectivity index (χ4v) is 4.74. The van der Waals surface area contributed by atoms with Gasteiger partial charge in [0.25, 0.3) is 0 Å². The molecule has 4 nitrogen and oxygen atoms in total. The van der Waals surface area contributed by atoms with E-state index in [0.717, 1.165) is 25.7 Å². The Hall–Kier alpha value is -2.40. The lowest BCUT2D eigenvalue weighted by molar-refractivity contribution is 0.0657. The molecular weight excluding hydrogens is 341 g/mol. The summed E-state index contributed by atoms with van der Waals surface area (Å²) in [6.45, 7) is 0.519. The number of carbonyl (C=O) groups is 1. The molecule has 2 amide bonds. The second-order valence-electron chi connectivity index (χ2n) is 8.04. The molecule has 142 valence electrons. The molecule has 5 heteroatoms. The summed E-state index contributed by atoms with van der Waals surface area (Å²) in [5, 5.41) is 3.17. The quantitative estimate of drug-likeness (QED) is 0.886. The number of rotatable bonds is 3. The van der Waals surface area contributed by atoms with Gasteiger partial charge in [-0.1, -0.05) is 42.5 Å². The molecule has 0 aromatic heterocycles. The molecule has 1 spiro atoms. The molecule has 1 saturated heterocycles. The third-order valence-electron chi connectivity index (χ3n) is 6.42. The second kappa shape index (κ2) is 6.64. The van der Waals surface area contributed by atoms with Crippen LogP contribution in [0.4, 0.5) is 14.9 Å². The van der Waals surface area contributed by atoms with Crippen molar-refractivity contribution < 1.29 is 9.18 Å². The molecule has 0 unspecified atom stereocenters. The van der Waals surface area contributed by atoms with Gasteiger partial charge in [-0.05, 0) is 57.5 Å². The molecule has 2 aliphatic rings. The van der Waals surface area contributed by atoms with Gasteiger partial charge in [0.05, 0.1) is 17.8 Å². The van der Waals surface area contributed by atoms with Gasteiger partial charge in [0, 0.05) is 5.54 Å². The zero-order valence-corrected chi connectivity index (χ0v) is 15.9. The molecule has 0 atom stereocenters. The van der Waals surface area contributed by atoms with Crippen LogP contribution in [0.2, 0.25) is 0 Å². The maximum atomic E-state index is 14.2. The topological polar surface area (TPSA) is 35.6 Å². The normalized spacial score (nSPS) is 28.0. The van der Waals surface area contributed by atoms with Gasteiger partial charge < -0.3 is 5.32 Å². The maximum Gasteiger partial charge on any atom is 0.322 e. The lowest BCUT2D eigenvalue weighted by Gasteiger charge is -2.48. The Bertz CT molecular complexity index is 828. The van der Waals surface area contributed by atoms with Crippen LogP contribution in [0.3, 0.4) is 0 Å². The first kappa shape index (κ1) is 18.0. The highest BCUT2D eigenvalue weighted by Gasteiger charge is 2.50. The fourth-order valence-electron chi connectivity index (χ4n) is 4.74. The van der Waals surface area contributed by atoms with Crippen molar-refractivity contribution in [2.24, 2.45) is 0 Å². The van der Waals surface area contributed by atoms with Crippen LogP contribution >= 0.6 is 0 Å². The largest absolute Gasteiger partial charge is 0.330 e. The summed E-state index contributed by atoms with van der Waals surface area (Å²) in [6, 6.07) is 16.9. The maximum absolute atomic E-state index is 14.2. The highest BCUT2D eigenvalue weighted by atomic mass is 19.1. The van der Waals surface area contributed by atoms with E-state index in [9.17, 15) is 9.18 Å². The van der Waals surface area contributed by atoms with Crippen molar-refractivity contribution in [3.8, 4) is 0 Å². The van der Waals surface area contributed by atoms with Gasteiger partial charge in [-0.3, -0.25) is 9.80 Å². The molecule has 1 aliphatic carbocycles. The SMILES string of the molecule is CN(C)[C@]1(c2ccccc2)CC[C@]2(CC1)CN(c1ccccc1F)C(=O)N2. The number of nitrogens with one attached hydrogen (secondary N) is 1. The van der Waals surface area contributed by atoms with Gasteiger partial charge in [0.2, 0.25) is 0 Å². The molecule has 1 saturated carbocycles. The molecule has 1 heterocycles. The molecule has 27 heavy (non-hydrogen) atoms. The van der Waals surface area contributed by atoms with Gasteiger partial charge >= 0.3 is 6.03 Å². The predicted octanol–water partition coefficient (Wildman–Crippen LogP) is 4.13. The summed E-state index contributed by atoms with van der Waals surface area (Å²) in [6.07, 6.45) is 3.65. The van der Waals surface area contributed by atoms with Crippen LogP contribution in [-0.4, -0.2) is 37.1 Å². The summed E-state index contributed by atoms with van der Waals surface area (Å²) >= 11 is 0.